The van der Waals surface area contributed by atoms with Crippen molar-refractivity contribution in [2.24, 2.45) is 0 Å². The lowest BCUT2D eigenvalue weighted by Crippen LogP contribution is -2.12. The number of nitrogens with zero attached hydrogens (tertiary/aromatic N) is 2. The molecule has 0 atom stereocenters. The minimum Gasteiger partial charge on any atom is -0.370 e. The highest BCUT2D eigenvalue weighted by atomic mass is 32.1. The Kier molecular flexibility index (Phi) is 4.39. The molecule has 1 aliphatic carbocycles. The van der Waals surface area contributed by atoms with Crippen molar-refractivity contribution in [2.45, 2.75) is 39.0 Å². The maximum Gasteiger partial charge on any atom is 0.136 e. The summed E-state index contributed by atoms with van der Waals surface area (Å²) in [7, 11) is 0. The number of rotatable bonds is 7. The van der Waals surface area contributed by atoms with E-state index in [0.29, 0.717) is 5.92 Å². The van der Waals surface area contributed by atoms with Crippen molar-refractivity contribution >= 4 is 23.0 Å². The van der Waals surface area contributed by atoms with Crippen LogP contribution in [0.3, 0.4) is 0 Å². The van der Waals surface area contributed by atoms with Crippen LogP contribution in [0.25, 0.3) is 0 Å². The molecule has 1 fully saturated rings. The monoisotopic (exact) mass is 302 g/mol. The Morgan fingerprint density at radius 3 is 2.62 bits per heavy atom. The van der Waals surface area contributed by atoms with Gasteiger partial charge in [-0.05, 0) is 55.5 Å². The van der Waals surface area contributed by atoms with Crippen LogP contribution in [0.1, 0.15) is 42.6 Å². The molecule has 1 aliphatic rings. The molecule has 2 N–H and O–H groups in total. The maximum atomic E-state index is 4.74. The predicted octanol–water partition coefficient (Wildman–Crippen LogP) is 3.81. The fraction of sp³-hybridized carbons (Fsp3) is 0.500. The van der Waals surface area contributed by atoms with E-state index in [1.165, 1.54) is 18.4 Å². The molecule has 0 spiro atoms. The van der Waals surface area contributed by atoms with Crippen LogP contribution in [0.5, 0.6) is 0 Å². The van der Waals surface area contributed by atoms with Gasteiger partial charge in [0, 0.05) is 24.6 Å². The lowest BCUT2D eigenvalue weighted by atomic mass is 10.2. The van der Waals surface area contributed by atoms with E-state index in [1.807, 2.05) is 0 Å². The standard InChI is InChI=1S/C16H22N4S/c1-3-17-14-11(2)15(20-16(19-14)13-4-5-13)18-8-6-12-7-9-21-10-12/h7,9-10,13H,3-6,8H2,1-2H3,(H2,17,18,19,20). The van der Waals surface area contributed by atoms with Crippen LogP contribution >= 0.6 is 11.3 Å². The second-order valence-electron chi connectivity index (χ2n) is 5.52. The van der Waals surface area contributed by atoms with E-state index in [4.69, 9.17) is 4.98 Å². The van der Waals surface area contributed by atoms with E-state index in [0.717, 1.165) is 42.5 Å². The van der Waals surface area contributed by atoms with E-state index >= 15 is 0 Å². The largest absolute Gasteiger partial charge is 0.370 e. The third-order valence-electron chi connectivity index (χ3n) is 3.74. The molecule has 3 rings (SSSR count). The van der Waals surface area contributed by atoms with Crippen molar-refractivity contribution in [3.63, 3.8) is 0 Å². The molecule has 0 bridgehead atoms. The average Bonchev–Trinajstić information content (AvgIpc) is 3.20. The minimum absolute atomic E-state index is 0.570. The molecule has 112 valence electrons. The maximum absolute atomic E-state index is 4.74. The zero-order chi connectivity index (χ0) is 14.7. The number of anilines is 2. The van der Waals surface area contributed by atoms with E-state index in [9.17, 15) is 0 Å². The summed E-state index contributed by atoms with van der Waals surface area (Å²) in [6.45, 7) is 5.98. The molecule has 0 unspecified atom stereocenters. The summed E-state index contributed by atoms with van der Waals surface area (Å²) in [4.78, 5) is 9.42. The van der Waals surface area contributed by atoms with E-state index < -0.39 is 0 Å². The fourth-order valence-electron chi connectivity index (χ4n) is 2.33. The topological polar surface area (TPSA) is 49.8 Å². The Balaban J connectivity index is 1.72. The Morgan fingerprint density at radius 2 is 2.00 bits per heavy atom. The van der Waals surface area contributed by atoms with Crippen molar-refractivity contribution in [2.75, 3.05) is 23.7 Å². The van der Waals surface area contributed by atoms with Crippen LogP contribution < -0.4 is 10.6 Å². The van der Waals surface area contributed by atoms with Gasteiger partial charge < -0.3 is 10.6 Å². The first-order chi connectivity index (χ1) is 10.3. The number of nitrogens with one attached hydrogen (secondary N) is 2. The normalized spacial score (nSPS) is 14.2. The van der Waals surface area contributed by atoms with Gasteiger partial charge >= 0.3 is 0 Å². The van der Waals surface area contributed by atoms with Crippen LogP contribution in [0.2, 0.25) is 0 Å². The Bertz CT molecular complexity index is 591. The molecule has 0 amide bonds. The van der Waals surface area contributed by atoms with E-state index in [1.54, 1.807) is 11.3 Å². The highest BCUT2D eigenvalue weighted by Gasteiger charge is 2.28. The quantitative estimate of drug-likeness (QED) is 0.816. The van der Waals surface area contributed by atoms with Crippen LogP contribution in [-0.4, -0.2) is 23.1 Å². The van der Waals surface area contributed by atoms with Crippen LogP contribution in [0, 0.1) is 6.92 Å². The molecule has 2 heterocycles. The summed E-state index contributed by atoms with van der Waals surface area (Å²) in [5.41, 5.74) is 2.50. The molecular formula is C16H22N4S. The Labute approximate surface area is 130 Å². The van der Waals surface area contributed by atoms with Crippen molar-refractivity contribution in [1.82, 2.24) is 9.97 Å². The highest BCUT2D eigenvalue weighted by Crippen LogP contribution is 2.39. The third kappa shape index (κ3) is 3.53. The first-order valence-electron chi connectivity index (χ1n) is 7.65. The summed E-state index contributed by atoms with van der Waals surface area (Å²) in [6, 6.07) is 2.18. The van der Waals surface area contributed by atoms with Crippen molar-refractivity contribution in [1.29, 1.82) is 0 Å². The number of aromatic nitrogens is 2. The van der Waals surface area contributed by atoms with Gasteiger partial charge in [-0.15, -0.1) is 0 Å². The predicted molar refractivity (Wildman–Crippen MR) is 89.4 cm³/mol. The van der Waals surface area contributed by atoms with Crippen molar-refractivity contribution < 1.29 is 0 Å². The summed E-state index contributed by atoms with van der Waals surface area (Å²) >= 11 is 1.75. The highest BCUT2D eigenvalue weighted by molar-refractivity contribution is 7.07. The van der Waals surface area contributed by atoms with E-state index in [2.05, 4.69) is 46.3 Å². The second-order valence-corrected chi connectivity index (χ2v) is 6.30. The Morgan fingerprint density at radius 1 is 1.24 bits per heavy atom. The fourth-order valence-corrected chi connectivity index (χ4v) is 3.03. The summed E-state index contributed by atoms with van der Waals surface area (Å²) in [5, 5.41) is 11.2. The van der Waals surface area contributed by atoms with Gasteiger partial charge in [0.2, 0.25) is 0 Å². The molecule has 0 aromatic carbocycles. The average molecular weight is 302 g/mol. The Hall–Kier alpha value is -1.62. The molecule has 21 heavy (non-hydrogen) atoms. The summed E-state index contributed by atoms with van der Waals surface area (Å²) < 4.78 is 0. The first kappa shape index (κ1) is 14.3. The van der Waals surface area contributed by atoms with Crippen LogP contribution in [0.4, 0.5) is 11.6 Å². The molecule has 0 radical (unpaired) electrons. The van der Waals surface area contributed by atoms with Crippen LogP contribution in [-0.2, 0) is 6.42 Å². The van der Waals surface area contributed by atoms with Gasteiger partial charge in [-0.2, -0.15) is 11.3 Å². The third-order valence-corrected chi connectivity index (χ3v) is 4.47. The van der Waals surface area contributed by atoms with Gasteiger partial charge in [-0.1, -0.05) is 0 Å². The number of hydrogen-bond acceptors (Lipinski definition) is 5. The molecule has 2 aromatic rings. The van der Waals surface area contributed by atoms with Crippen LogP contribution in [0.15, 0.2) is 16.8 Å². The van der Waals surface area contributed by atoms with Gasteiger partial charge in [0.1, 0.15) is 17.5 Å². The number of thiophene rings is 1. The molecular weight excluding hydrogens is 280 g/mol. The molecule has 0 aliphatic heterocycles. The van der Waals surface area contributed by atoms with Gasteiger partial charge in [-0.25, -0.2) is 9.97 Å². The molecule has 2 aromatic heterocycles. The zero-order valence-electron chi connectivity index (χ0n) is 12.6. The first-order valence-corrected chi connectivity index (χ1v) is 8.59. The second kappa shape index (κ2) is 6.43. The van der Waals surface area contributed by atoms with Crippen molar-refractivity contribution in [3.8, 4) is 0 Å². The lowest BCUT2D eigenvalue weighted by Gasteiger charge is -2.14. The van der Waals surface area contributed by atoms with Crippen molar-refractivity contribution in [3.05, 3.63) is 33.8 Å². The van der Waals surface area contributed by atoms with Gasteiger partial charge in [0.05, 0.1) is 0 Å². The molecule has 4 nitrogen and oxygen atoms in total. The summed E-state index contributed by atoms with van der Waals surface area (Å²) in [6.07, 6.45) is 3.48. The summed E-state index contributed by atoms with van der Waals surface area (Å²) in [5.74, 6) is 3.53. The van der Waals surface area contributed by atoms with Gasteiger partial charge in [-0.3, -0.25) is 0 Å². The molecule has 5 heteroatoms. The zero-order valence-corrected chi connectivity index (χ0v) is 13.5. The molecule has 1 saturated carbocycles. The smallest absolute Gasteiger partial charge is 0.136 e. The SMILES string of the molecule is CCNc1nc(C2CC2)nc(NCCc2ccsc2)c1C. The van der Waals surface area contributed by atoms with Gasteiger partial charge in [0.15, 0.2) is 0 Å². The van der Waals surface area contributed by atoms with E-state index in [-0.39, 0.29) is 0 Å². The lowest BCUT2D eigenvalue weighted by molar-refractivity contribution is 0.904. The minimum atomic E-state index is 0.570. The van der Waals surface area contributed by atoms with Gasteiger partial charge in [0.25, 0.3) is 0 Å². The molecule has 0 saturated heterocycles. The number of hydrogen-bond donors (Lipinski definition) is 2.